The van der Waals surface area contributed by atoms with E-state index in [1.807, 2.05) is 13.0 Å². The minimum atomic E-state index is -1.40. The van der Waals surface area contributed by atoms with E-state index in [4.69, 9.17) is 28.4 Å². The van der Waals surface area contributed by atoms with E-state index in [2.05, 4.69) is 6.07 Å². The van der Waals surface area contributed by atoms with Crippen LogP contribution in [-0.2, 0) is 27.2 Å². The van der Waals surface area contributed by atoms with E-state index in [0.29, 0.717) is 35.7 Å². The topological polar surface area (TPSA) is 116 Å². The van der Waals surface area contributed by atoms with Gasteiger partial charge in [0, 0.05) is 18.7 Å². The van der Waals surface area contributed by atoms with Gasteiger partial charge in [-0.25, -0.2) is 0 Å². The molecule has 2 aromatic carbocycles. The van der Waals surface area contributed by atoms with Crippen molar-refractivity contribution in [3.63, 3.8) is 0 Å². The molecule has 176 valence electrons. The van der Waals surface area contributed by atoms with Crippen LogP contribution in [0.3, 0.4) is 0 Å². The number of fused-ring (bicyclic) bond motifs is 2. The molecule has 2 aliphatic heterocycles. The van der Waals surface area contributed by atoms with Crippen molar-refractivity contribution in [2.24, 2.45) is 0 Å². The zero-order valence-corrected chi connectivity index (χ0v) is 18.6. The van der Waals surface area contributed by atoms with Crippen LogP contribution in [0.25, 0.3) is 10.8 Å². The van der Waals surface area contributed by atoms with Crippen molar-refractivity contribution < 1.29 is 43.7 Å². The summed E-state index contributed by atoms with van der Waals surface area (Å²) in [6.07, 6.45) is -4.98. The third kappa shape index (κ3) is 4.00. The Morgan fingerprint density at radius 1 is 1.06 bits per heavy atom. The number of aliphatic hydroxyl groups excluding tert-OH is 3. The molecule has 2 heterocycles. The molecule has 32 heavy (non-hydrogen) atoms. The van der Waals surface area contributed by atoms with Crippen molar-refractivity contribution in [2.75, 3.05) is 27.9 Å². The van der Waals surface area contributed by atoms with Gasteiger partial charge in [0.05, 0.1) is 38.9 Å². The van der Waals surface area contributed by atoms with Crippen LogP contribution in [0.15, 0.2) is 18.2 Å². The van der Waals surface area contributed by atoms with Crippen LogP contribution in [0.4, 0.5) is 0 Å². The number of methoxy groups -OCH3 is 3. The van der Waals surface area contributed by atoms with E-state index >= 15 is 0 Å². The lowest BCUT2D eigenvalue weighted by Gasteiger charge is -2.41. The first kappa shape index (κ1) is 23.0. The summed E-state index contributed by atoms with van der Waals surface area (Å²) in [4.78, 5) is 0. The molecule has 5 unspecified atom stereocenters. The Morgan fingerprint density at radius 3 is 2.50 bits per heavy atom. The highest BCUT2D eigenvalue weighted by Gasteiger charge is 2.46. The minimum Gasteiger partial charge on any atom is -0.497 e. The molecule has 0 radical (unpaired) electrons. The first-order valence-electron chi connectivity index (χ1n) is 10.6. The summed E-state index contributed by atoms with van der Waals surface area (Å²) in [6.45, 7) is 1.91. The Labute approximate surface area is 186 Å². The molecular formula is C23H30O9. The van der Waals surface area contributed by atoms with Crippen molar-refractivity contribution in [3.05, 3.63) is 29.3 Å². The lowest BCUT2D eigenvalue weighted by Crippen LogP contribution is -2.60. The first-order chi connectivity index (χ1) is 15.4. The molecule has 3 N–H and O–H groups in total. The van der Waals surface area contributed by atoms with Gasteiger partial charge >= 0.3 is 0 Å². The zero-order valence-electron chi connectivity index (χ0n) is 18.6. The van der Waals surface area contributed by atoms with Crippen LogP contribution in [-0.4, -0.2) is 80.1 Å². The second kappa shape index (κ2) is 9.38. The SMILES string of the molecule is COc1cc(OC)c2c(OC3OC(CO)C(OC)C(O)C3O)c3c(cc2c1)C[C@H](C)OC3. The number of rotatable bonds is 6. The molecule has 0 bridgehead atoms. The lowest BCUT2D eigenvalue weighted by molar-refractivity contribution is -0.281. The summed E-state index contributed by atoms with van der Waals surface area (Å²) >= 11 is 0. The van der Waals surface area contributed by atoms with Crippen LogP contribution in [0, 0.1) is 0 Å². The number of hydrogen-bond acceptors (Lipinski definition) is 9. The number of ether oxygens (including phenoxy) is 6. The molecule has 9 nitrogen and oxygen atoms in total. The zero-order chi connectivity index (χ0) is 23.0. The molecule has 1 fully saturated rings. The van der Waals surface area contributed by atoms with Crippen LogP contribution in [0.1, 0.15) is 18.1 Å². The molecule has 0 spiro atoms. The summed E-state index contributed by atoms with van der Waals surface area (Å²) in [5, 5.41) is 32.4. The number of hydrogen-bond donors (Lipinski definition) is 3. The highest BCUT2D eigenvalue weighted by atomic mass is 16.7. The largest absolute Gasteiger partial charge is 0.497 e. The maximum atomic E-state index is 10.7. The van der Waals surface area contributed by atoms with E-state index in [1.165, 1.54) is 7.11 Å². The average molecular weight is 450 g/mol. The van der Waals surface area contributed by atoms with Gasteiger partial charge in [0.1, 0.15) is 41.7 Å². The summed E-state index contributed by atoms with van der Waals surface area (Å²) in [6, 6.07) is 5.69. The molecule has 0 aliphatic carbocycles. The van der Waals surface area contributed by atoms with Crippen LogP contribution in [0.5, 0.6) is 17.2 Å². The fraction of sp³-hybridized carbons (Fsp3) is 0.565. The molecule has 0 saturated carbocycles. The van der Waals surface area contributed by atoms with Crippen molar-refractivity contribution >= 4 is 10.8 Å². The van der Waals surface area contributed by atoms with Crippen molar-refractivity contribution in [3.8, 4) is 17.2 Å². The van der Waals surface area contributed by atoms with Crippen molar-refractivity contribution in [1.82, 2.24) is 0 Å². The van der Waals surface area contributed by atoms with Gasteiger partial charge in [-0.3, -0.25) is 0 Å². The lowest BCUT2D eigenvalue weighted by atomic mass is 9.93. The maximum Gasteiger partial charge on any atom is 0.229 e. The normalized spacial score (nSPS) is 30.1. The highest BCUT2D eigenvalue weighted by Crippen LogP contribution is 2.44. The van der Waals surface area contributed by atoms with E-state index in [0.717, 1.165) is 16.5 Å². The molecule has 2 aromatic rings. The Hall–Kier alpha value is -2.14. The van der Waals surface area contributed by atoms with E-state index in [9.17, 15) is 15.3 Å². The number of aliphatic hydroxyl groups is 3. The standard InChI is InChI=1S/C23H30O9/c1-11-5-12-6-13-7-14(27-2)8-16(28-3)18(13)21(15(12)10-30-11)32-23-20(26)19(25)22(29-4)17(9-24)31-23/h6-8,11,17,19-20,22-26H,5,9-10H2,1-4H3/t11-,17?,19?,20?,22?,23?/m0/s1. The Balaban J connectivity index is 1.83. The second-order valence-electron chi connectivity index (χ2n) is 8.12. The molecule has 2 aliphatic rings. The fourth-order valence-corrected chi connectivity index (χ4v) is 4.44. The third-order valence-corrected chi connectivity index (χ3v) is 6.13. The van der Waals surface area contributed by atoms with Gasteiger partial charge in [0.2, 0.25) is 6.29 Å². The summed E-state index contributed by atoms with van der Waals surface area (Å²) in [5.74, 6) is 1.59. The molecule has 9 heteroatoms. The second-order valence-corrected chi connectivity index (χ2v) is 8.12. The van der Waals surface area contributed by atoms with Crippen molar-refractivity contribution in [2.45, 2.75) is 56.8 Å². The quantitative estimate of drug-likeness (QED) is 0.596. The van der Waals surface area contributed by atoms with Crippen LogP contribution in [0.2, 0.25) is 0 Å². The number of benzene rings is 2. The minimum absolute atomic E-state index is 0.0416. The smallest absolute Gasteiger partial charge is 0.229 e. The van der Waals surface area contributed by atoms with Crippen molar-refractivity contribution in [1.29, 1.82) is 0 Å². The molecular weight excluding hydrogens is 420 g/mol. The highest BCUT2D eigenvalue weighted by molar-refractivity contribution is 5.97. The summed E-state index contributed by atoms with van der Waals surface area (Å²) in [5.41, 5.74) is 1.86. The average Bonchev–Trinajstić information content (AvgIpc) is 2.80. The first-order valence-corrected chi connectivity index (χ1v) is 10.6. The van der Waals surface area contributed by atoms with Gasteiger partial charge < -0.3 is 43.7 Å². The molecule has 0 amide bonds. The molecule has 1 saturated heterocycles. The summed E-state index contributed by atoms with van der Waals surface area (Å²) < 4.78 is 34.1. The fourth-order valence-electron chi connectivity index (χ4n) is 4.44. The Bertz CT molecular complexity index is 960. The van der Waals surface area contributed by atoms with Gasteiger partial charge in [0.25, 0.3) is 0 Å². The van der Waals surface area contributed by atoms with Crippen LogP contribution < -0.4 is 14.2 Å². The predicted octanol–water partition coefficient (Wildman–Crippen LogP) is 1.15. The third-order valence-electron chi connectivity index (χ3n) is 6.13. The van der Waals surface area contributed by atoms with Gasteiger partial charge in [-0.15, -0.1) is 0 Å². The van der Waals surface area contributed by atoms with Gasteiger partial charge in [-0.05, 0) is 30.4 Å². The Morgan fingerprint density at radius 2 is 1.84 bits per heavy atom. The molecule has 0 aromatic heterocycles. The van der Waals surface area contributed by atoms with E-state index in [-0.39, 0.29) is 6.10 Å². The van der Waals surface area contributed by atoms with Gasteiger partial charge in [-0.1, -0.05) is 6.07 Å². The monoisotopic (exact) mass is 450 g/mol. The van der Waals surface area contributed by atoms with Crippen LogP contribution >= 0.6 is 0 Å². The maximum absolute atomic E-state index is 10.7. The summed E-state index contributed by atoms with van der Waals surface area (Å²) in [7, 11) is 4.52. The molecule has 6 atom stereocenters. The van der Waals surface area contributed by atoms with E-state index in [1.54, 1.807) is 20.3 Å². The Kier molecular flexibility index (Phi) is 6.75. The van der Waals surface area contributed by atoms with Gasteiger partial charge in [-0.2, -0.15) is 0 Å². The van der Waals surface area contributed by atoms with E-state index < -0.39 is 37.3 Å². The van der Waals surface area contributed by atoms with Gasteiger partial charge in [0.15, 0.2) is 0 Å². The predicted molar refractivity (Wildman–Crippen MR) is 114 cm³/mol. The molecule has 4 rings (SSSR count).